The zero-order valence-electron chi connectivity index (χ0n) is 27.5. The van der Waals surface area contributed by atoms with Gasteiger partial charge in [0.15, 0.2) is 0 Å². The first-order chi connectivity index (χ1) is 23.2. The van der Waals surface area contributed by atoms with Gasteiger partial charge in [-0.25, -0.2) is 14.6 Å². The van der Waals surface area contributed by atoms with Crippen LogP contribution in [0.2, 0.25) is 0 Å². The van der Waals surface area contributed by atoms with Crippen LogP contribution in [0.4, 0.5) is 15.3 Å². The number of anilines is 1. The van der Waals surface area contributed by atoms with Crippen LogP contribution in [0.25, 0.3) is 11.0 Å². The molecule has 0 spiro atoms. The average molecular weight is 782 g/mol. The lowest BCUT2D eigenvalue weighted by Crippen LogP contribution is -2.49. The summed E-state index contributed by atoms with van der Waals surface area (Å²) in [6.45, 7) is 3.56. The molecule has 6 rings (SSSR count). The predicted molar refractivity (Wildman–Crippen MR) is 196 cm³/mol. The van der Waals surface area contributed by atoms with Gasteiger partial charge in [0, 0.05) is 53.3 Å². The third-order valence-electron chi connectivity index (χ3n) is 9.17. The molecule has 3 heterocycles. The summed E-state index contributed by atoms with van der Waals surface area (Å²) in [5.74, 6) is 0.809. The standard InChI is InChI=1S/C36H43Br2N7O3/c1-42(2)18-7-8-19-45-33-12-6-5-11-31(33)39-34(45)32(24-25-13-14-28(37)29(38)23-25)41-36(47)48-43-20-16-27(17-21-43)44-22-15-26-9-3-4-10-30(26)40-35(44)46/h3-6,9-14,23,27,32H,7-8,15-22,24H2,1-2H3,(H,40,46)(H,41,47). The first-order valence-electron chi connectivity index (χ1n) is 16.7. The second-order valence-corrected chi connectivity index (χ2v) is 14.5. The maximum atomic E-state index is 13.6. The number of nitrogens with zero attached hydrogens (tertiary/aromatic N) is 5. The Morgan fingerprint density at radius 2 is 1.79 bits per heavy atom. The second-order valence-electron chi connectivity index (χ2n) is 12.8. The largest absolute Gasteiger partial charge is 0.426 e. The van der Waals surface area contributed by atoms with Crippen molar-refractivity contribution in [3.63, 3.8) is 0 Å². The summed E-state index contributed by atoms with van der Waals surface area (Å²) in [7, 11) is 4.18. The number of benzene rings is 3. The van der Waals surface area contributed by atoms with Gasteiger partial charge in [0.25, 0.3) is 0 Å². The third-order valence-corrected chi connectivity index (χ3v) is 11.0. The molecule has 2 aliphatic heterocycles. The number of hydrogen-bond donors (Lipinski definition) is 2. The number of aromatic nitrogens is 2. The lowest BCUT2D eigenvalue weighted by Gasteiger charge is -2.37. The number of hydrogen-bond acceptors (Lipinski definition) is 6. The van der Waals surface area contributed by atoms with E-state index in [-0.39, 0.29) is 12.1 Å². The Balaban J connectivity index is 1.14. The van der Waals surface area contributed by atoms with E-state index < -0.39 is 12.1 Å². The van der Waals surface area contributed by atoms with E-state index in [9.17, 15) is 9.59 Å². The average Bonchev–Trinajstić information content (AvgIpc) is 3.35. The predicted octanol–water partition coefficient (Wildman–Crippen LogP) is 7.38. The van der Waals surface area contributed by atoms with E-state index in [0.29, 0.717) is 26.1 Å². The number of carbonyl (C=O) groups excluding carboxylic acids is 2. The molecule has 0 saturated carbocycles. The summed E-state index contributed by atoms with van der Waals surface area (Å²) >= 11 is 7.21. The number of unbranched alkanes of at least 4 members (excludes halogenated alkanes) is 1. The molecule has 1 saturated heterocycles. The topological polar surface area (TPSA) is 95.0 Å². The molecule has 2 aliphatic rings. The minimum atomic E-state index is -0.510. The van der Waals surface area contributed by atoms with Crippen LogP contribution in [-0.4, -0.2) is 82.9 Å². The van der Waals surface area contributed by atoms with Crippen molar-refractivity contribution in [2.45, 2.75) is 57.2 Å². The zero-order valence-corrected chi connectivity index (χ0v) is 30.7. The van der Waals surface area contributed by atoms with Gasteiger partial charge in [0.2, 0.25) is 0 Å². The number of imidazole rings is 1. The summed E-state index contributed by atoms with van der Waals surface area (Å²) in [6, 6.07) is 21.8. The molecule has 2 N–H and O–H groups in total. The van der Waals surface area contributed by atoms with Gasteiger partial charge in [-0.1, -0.05) is 36.4 Å². The van der Waals surface area contributed by atoms with Crippen LogP contribution in [0.5, 0.6) is 0 Å². The molecule has 1 unspecified atom stereocenters. The summed E-state index contributed by atoms with van der Waals surface area (Å²) < 4.78 is 4.16. The number of carbonyl (C=O) groups is 2. The smallest absolute Gasteiger partial charge is 0.351 e. The normalized spacial score (nSPS) is 16.4. The Hall–Kier alpha value is -3.45. The quantitative estimate of drug-likeness (QED) is 0.154. The highest BCUT2D eigenvalue weighted by molar-refractivity contribution is 9.13. The lowest BCUT2D eigenvalue weighted by atomic mass is 10.0. The summed E-state index contributed by atoms with van der Waals surface area (Å²) in [5.41, 5.74) is 5.05. The van der Waals surface area contributed by atoms with Crippen molar-refractivity contribution in [2.75, 3.05) is 45.6 Å². The molecule has 254 valence electrons. The number of halogens is 2. The van der Waals surface area contributed by atoms with E-state index in [2.05, 4.69) is 90.3 Å². The van der Waals surface area contributed by atoms with Crippen LogP contribution in [-0.2, 0) is 24.2 Å². The SMILES string of the molecule is CN(C)CCCCn1c(C(Cc2ccc(Br)c(Br)c2)NC(=O)ON2CCC(N3CCc4ccccc4NC3=O)CC2)nc2ccccc21. The molecule has 1 aromatic heterocycles. The molecule has 0 aliphatic carbocycles. The number of rotatable bonds is 11. The minimum absolute atomic E-state index is 0.0657. The van der Waals surface area contributed by atoms with Gasteiger partial charge in [0.05, 0.1) is 17.1 Å². The molecular weight excluding hydrogens is 738 g/mol. The van der Waals surface area contributed by atoms with E-state index in [1.54, 1.807) is 5.06 Å². The van der Waals surface area contributed by atoms with Crippen LogP contribution >= 0.6 is 31.9 Å². The number of piperidine rings is 1. The van der Waals surface area contributed by atoms with Crippen molar-refractivity contribution < 1.29 is 14.4 Å². The van der Waals surface area contributed by atoms with Crippen molar-refractivity contribution in [2.24, 2.45) is 0 Å². The summed E-state index contributed by atoms with van der Waals surface area (Å²) in [4.78, 5) is 41.7. The van der Waals surface area contributed by atoms with Gasteiger partial charge in [0.1, 0.15) is 5.82 Å². The molecule has 3 aromatic carbocycles. The zero-order chi connectivity index (χ0) is 33.6. The van der Waals surface area contributed by atoms with Crippen molar-refractivity contribution in [3.8, 4) is 0 Å². The maximum absolute atomic E-state index is 13.6. The van der Waals surface area contributed by atoms with E-state index in [4.69, 9.17) is 9.82 Å². The highest BCUT2D eigenvalue weighted by Gasteiger charge is 2.32. The summed E-state index contributed by atoms with van der Waals surface area (Å²) in [5, 5.41) is 7.97. The van der Waals surface area contributed by atoms with Crippen LogP contribution in [0.3, 0.4) is 0 Å². The van der Waals surface area contributed by atoms with Gasteiger partial charge in [-0.3, -0.25) is 0 Å². The van der Waals surface area contributed by atoms with Gasteiger partial charge in [-0.2, -0.15) is 0 Å². The molecule has 1 atom stereocenters. The number of fused-ring (bicyclic) bond motifs is 2. The van der Waals surface area contributed by atoms with Gasteiger partial charge < -0.3 is 29.8 Å². The fraction of sp³-hybridized carbons (Fsp3) is 0.417. The van der Waals surface area contributed by atoms with E-state index in [1.165, 1.54) is 0 Å². The number of nitrogens with one attached hydrogen (secondary N) is 2. The third kappa shape index (κ3) is 8.39. The number of hydroxylamine groups is 2. The van der Waals surface area contributed by atoms with E-state index in [1.807, 2.05) is 47.4 Å². The molecular formula is C36H43Br2N7O3. The minimum Gasteiger partial charge on any atom is -0.351 e. The molecule has 48 heavy (non-hydrogen) atoms. The molecule has 10 nitrogen and oxygen atoms in total. The molecule has 0 bridgehead atoms. The fourth-order valence-electron chi connectivity index (χ4n) is 6.67. The van der Waals surface area contributed by atoms with Crippen molar-refractivity contribution in [1.82, 2.24) is 29.7 Å². The lowest BCUT2D eigenvalue weighted by molar-refractivity contribution is -0.120. The summed E-state index contributed by atoms with van der Waals surface area (Å²) in [6.07, 6.45) is 4.32. The number of para-hydroxylation sites is 3. The van der Waals surface area contributed by atoms with Crippen LogP contribution < -0.4 is 10.6 Å². The maximum Gasteiger partial charge on any atom is 0.426 e. The Labute approximate surface area is 299 Å². The molecule has 0 radical (unpaired) electrons. The Bertz CT molecular complexity index is 1740. The molecule has 4 aromatic rings. The monoisotopic (exact) mass is 779 g/mol. The highest BCUT2D eigenvalue weighted by Crippen LogP contribution is 2.29. The van der Waals surface area contributed by atoms with Crippen LogP contribution in [0.15, 0.2) is 75.7 Å². The second kappa shape index (κ2) is 15.8. The van der Waals surface area contributed by atoms with Gasteiger partial charge in [-0.05, 0) is 126 Å². The van der Waals surface area contributed by atoms with Crippen LogP contribution in [0, 0.1) is 0 Å². The fourth-order valence-corrected chi connectivity index (χ4v) is 7.34. The van der Waals surface area contributed by atoms with E-state index in [0.717, 1.165) is 87.8 Å². The van der Waals surface area contributed by atoms with Crippen molar-refractivity contribution >= 4 is 60.7 Å². The van der Waals surface area contributed by atoms with Gasteiger partial charge >= 0.3 is 12.1 Å². The highest BCUT2D eigenvalue weighted by atomic mass is 79.9. The number of amides is 3. The molecule has 3 amide bonds. The van der Waals surface area contributed by atoms with E-state index >= 15 is 0 Å². The first kappa shape index (κ1) is 34.4. The van der Waals surface area contributed by atoms with Crippen molar-refractivity contribution in [1.29, 1.82) is 0 Å². The molecule has 1 fully saturated rings. The number of urea groups is 1. The van der Waals surface area contributed by atoms with Gasteiger partial charge in [-0.15, -0.1) is 5.06 Å². The van der Waals surface area contributed by atoms with Crippen molar-refractivity contribution in [3.05, 3.63) is 92.6 Å². The first-order valence-corrected chi connectivity index (χ1v) is 18.3. The number of aryl methyl sites for hydroxylation is 1. The Kier molecular flexibility index (Phi) is 11.4. The Morgan fingerprint density at radius 1 is 1.02 bits per heavy atom. The molecule has 12 heteroatoms. The Morgan fingerprint density at radius 3 is 2.58 bits per heavy atom. The van der Waals surface area contributed by atoms with Crippen LogP contribution in [0.1, 0.15) is 48.7 Å².